The van der Waals surface area contributed by atoms with Crippen molar-refractivity contribution in [1.82, 2.24) is 10.2 Å². The van der Waals surface area contributed by atoms with Crippen LogP contribution in [0.25, 0.3) is 0 Å². The first-order valence-corrected chi connectivity index (χ1v) is 9.01. The van der Waals surface area contributed by atoms with Gasteiger partial charge >= 0.3 is 0 Å². The van der Waals surface area contributed by atoms with Gasteiger partial charge in [-0.15, -0.1) is 12.4 Å². The van der Waals surface area contributed by atoms with Crippen LogP contribution in [0.1, 0.15) is 48.9 Å². The van der Waals surface area contributed by atoms with Crippen molar-refractivity contribution in [2.75, 3.05) is 40.4 Å². The minimum Gasteiger partial charge on any atom is -0.493 e. The molecule has 5 heteroatoms. The van der Waals surface area contributed by atoms with Gasteiger partial charge in [-0.3, -0.25) is 4.90 Å². The molecule has 1 aliphatic heterocycles. The third-order valence-electron chi connectivity index (χ3n) is 5.31. The summed E-state index contributed by atoms with van der Waals surface area (Å²) in [6.45, 7) is 6.77. The molecule has 0 aromatic heterocycles. The van der Waals surface area contributed by atoms with E-state index in [2.05, 4.69) is 23.2 Å². The van der Waals surface area contributed by atoms with E-state index < -0.39 is 0 Å². The Morgan fingerprint density at radius 1 is 1.21 bits per heavy atom. The van der Waals surface area contributed by atoms with Crippen LogP contribution in [-0.2, 0) is 12.8 Å². The Balaban J connectivity index is 0.00000208. The quantitative estimate of drug-likeness (QED) is 0.726. The van der Waals surface area contributed by atoms with Gasteiger partial charge in [0.1, 0.15) is 0 Å². The summed E-state index contributed by atoms with van der Waals surface area (Å²) in [5.74, 6) is 1.86. The highest BCUT2D eigenvalue weighted by Crippen LogP contribution is 2.48. The standard InChI is InChI=1S/C19H30N2O2.ClH/c1-4-20-10-5-6-11-21-12-9-14-13-17(22-2)19(23-3)15-7-8-16(21)18(14)15;/h13,16,20H,4-12H2,1-3H3;1H. The molecular weight excluding hydrogens is 324 g/mol. The highest BCUT2D eigenvalue weighted by atomic mass is 35.5. The van der Waals surface area contributed by atoms with Crippen molar-refractivity contribution in [3.8, 4) is 11.5 Å². The number of ether oxygens (including phenoxy) is 2. The maximum Gasteiger partial charge on any atom is 0.164 e. The van der Waals surface area contributed by atoms with E-state index in [0.29, 0.717) is 6.04 Å². The van der Waals surface area contributed by atoms with Crippen LogP contribution in [0.4, 0.5) is 0 Å². The number of nitrogens with one attached hydrogen (secondary N) is 1. The summed E-state index contributed by atoms with van der Waals surface area (Å²) >= 11 is 0. The van der Waals surface area contributed by atoms with Crippen LogP contribution in [0, 0.1) is 0 Å². The predicted molar refractivity (Wildman–Crippen MR) is 101 cm³/mol. The van der Waals surface area contributed by atoms with Crippen LogP contribution >= 0.6 is 12.4 Å². The third kappa shape index (κ3) is 3.66. The number of rotatable bonds is 8. The van der Waals surface area contributed by atoms with Crippen LogP contribution in [-0.4, -0.2) is 45.3 Å². The molecule has 1 aliphatic carbocycles. The maximum absolute atomic E-state index is 5.66. The largest absolute Gasteiger partial charge is 0.493 e. The summed E-state index contributed by atoms with van der Waals surface area (Å²) < 4.78 is 11.2. The van der Waals surface area contributed by atoms with Crippen molar-refractivity contribution in [2.45, 2.75) is 45.1 Å². The van der Waals surface area contributed by atoms with E-state index >= 15 is 0 Å². The number of methoxy groups -OCH3 is 2. The number of hydrogen-bond donors (Lipinski definition) is 1. The molecule has 2 aliphatic rings. The fourth-order valence-corrected chi connectivity index (χ4v) is 4.23. The number of benzene rings is 1. The molecule has 136 valence electrons. The third-order valence-corrected chi connectivity index (χ3v) is 5.31. The van der Waals surface area contributed by atoms with Crippen molar-refractivity contribution in [1.29, 1.82) is 0 Å². The Hall–Kier alpha value is -0.970. The van der Waals surface area contributed by atoms with Crippen molar-refractivity contribution < 1.29 is 9.47 Å². The van der Waals surface area contributed by atoms with Crippen LogP contribution in [0.5, 0.6) is 11.5 Å². The average molecular weight is 355 g/mol. The summed E-state index contributed by atoms with van der Waals surface area (Å²) in [7, 11) is 3.50. The highest BCUT2D eigenvalue weighted by molar-refractivity contribution is 5.85. The van der Waals surface area contributed by atoms with E-state index in [9.17, 15) is 0 Å². The topological polar surface area (TPSA) is 33.7 Å². The SMILES string of the molecule is CCNCCCCN1CCc2cc(OC)c(OC)c3c2C1CC3.Cl. The molecule has 0 fully saturated rings. The minimum atomic E-state index is 0. The second-order valence-electron chi connectivity index (χ2n) is 6.56. The molecular formula is C19H31ClN2O2. The molecule has 4 nitrogen and oxygen atoms in total. The Kier molecular flexibility index (Phi) is 7.20. The lowest BCUT2D eigenvalue weighted by molar-refractivity contribution is 0.182. The summed E-state index contributed by atoms with van der Waals surface area (Å²) in [5, 5.41) is 3.42. The van der Waals surface area contributed by atoms with Crippen molar-refractivity contribution in [3.05, 3.63) is 22.8 Å². The zero-order valence-electron chi connectivity index (χ0n) is 15.2. The molecule has 1 aromatic carbocycles. The van der Waals surface area contributed by atoms with Crippen molar-refractivity contribution >= 4 is 12.4 Å². The molecule has 0 saturated heterocycles. The normalized spacial score (nSPS) is 18.9. The van der Waals surface area contributed by atoms with Crippen LogP contribution in [0.2, 0.25) is 0 Å². The van der Waals surface area contributed by atoms with E-state index in [0.717, 1.165) is 37.4 Å². The molecule has 1 N–H and O–H groups in total. The van der Waals surface area contributed by atoms with E-state index in [4.69, 9.17) is 9.47 Å². The van der Waals surface area contributed by atoms with E-state index in [-0.39, 0.29) is 12.4 Å². The lowest BCUT2D eigenvalue weighted by atomic mass is 9.92. The number of hydrogen-bond acceptors (Lipinski definition) is 4. The highest BCUT2D eigenvalue weighted by Gasteiger charge is 2.36. The van der Waals surface area contributed by atoms with Gasteiger partial charge in [0.15, 0.2) is 11.5 Å². The van der Waals surface area contributed by atoms with Crippen LogP contribution in [0.15, 0.2) is 6.07 Å². The molecule has 3 rings (SSSR count). The van der Waals surface area contributed by atoms with Gasteiger partial charge in [-0.1, -0.05) is 6.92 Å². The van der Waals surface area contributed by atoms with E-state index in [1.54, 1.807) is 19.8 Å². The van der Waals surface area contributed by atoms with Gasteiger partial charge in [-0.2, -0.15) is 0 Å². The van der Waals surface area contributed by atoms with Gasteiger partial charge in [-0.05, 0) is 68.9 Å². The Morgan fingerprint density at radius 3 is 2.75 bits per heavy atom. The van der Waals surface area contributed by atoms with Crippen molar-refractivity contribution in [2.24, 2.45) is 0 Å². The molecule has 1 unspecified atom stereocenters. The van der Waals surface area contributed by atoms with Gasteiger partial charge in [0, 0.05) is 18.2 Å². The first kappa shape index (κ1) is 19.4. The maximum atomic E-state index is 5.66. The predicted octanol–water partition coefficient (Wildman–Crippen LogP) is 3.36. The lowest BCUT2D eigenvalue weighted by Gasteiger charge is -2.35. The van der Waals surface area contributed by atoms with Crippen LogP contribution < -0.4 is 14.8 Å². The fraction of sp³-hybridized carbons (Fsp3) is 0.684. The monoisotopic (exact) mass is 354 g/mol. The first-order chi connectivity index (χ1) is 11.3. The molecule has 0 saturated carbocycles. The zero-order valence-corrected chi connectivity index (χ0v) is 16.0. The van der Waals surface area contributed by atoms with Crippen molar-refractivity contribution in [3.63, 3.8) is 0 Å². The Bertz CT molecular complexity index is 551. The second-order valence-corrected chi connectivity index (χ2v) is 6.56. The summed E-state index contributed by atoms with van der Waals surface area (Å²) in [5.41, 5.74) is 4.41. The second kappa shape index (κ2) is 8.93. The van der Waals surface area contributed by atoms with E-state index in [1.807, 2.05) is 0 Å². The number of halogens is 1. The van der Waals surface area contributed by atoms with Gasteiger partial charge in [0.05, 0.1) is 14.2 Å². The molecule has 0 spiro atoms. The van der Waals surface area contributed by atoms with Crippen LogP contribution in [0.3, 0.4) is 0 Å². The van der Waals surface area contributed by atoms with E-state index in [1.165, 1.54) is 43.5 Å². The summed E-state index contributed by atoms with van der Waals surface area (Å²) in [4.78, 5) is 2.69. The molecule has 0 amide bonds. The van der Waals surface area contributed by atoms with Gasteiger partial charge in [-0.25, -0.2) is 0 Å². The first-order valence-electron chi connectivity index (χ1n) is 9.01. The molecule has 0 radical (unpaired) electrons. The number of unbranched alkanes of at least 4 members (excludes halogenated alkanes) is 1. The Morgan fingerprint density at radius 2 is 2.04 bits per heavy atom. The summed E-state index contributed by atoms with van der Waals surface area (Å²) in [6.07, 6.45) is 6.01. The minimum absolute atomic E-state index is 0. The van der Waals surface area contributed by atoms with Gasteiger partial charge < -0.3 is 14.8 Å². The number of nitrogens with zero attached hydrogens (tertiary/aromatic N) is 1. The molecule has 0 bridgehead atoms. The van der Waals surface area contributed by atoms with Gasteiger partial charge in [0.25, 0.3) is 0 Å². The molecule has 1 atom stereocenters. The summed E-state index contributed by atoms with van der Waals surface area (Å²) in [6, 6.07) is 2.80. The zero-order chi connectivity index (χ0) is 16.2. The lowest BCUT2D eigenvalue weighted by Crippen LogP contribution is -2.35. The molecule has 1 aromatic rings. The molecule has 24 heavy (non-hydrogen) atoms. The average Bonchev–Trinajstić information content (AvgIpc) is 3.02. The van der Waals surface area contributed by atoms with Gasteiger partial charge in [0.2, 0.25) is 0 Å². The fourth-order valence-electron chi connectivity index (χ4n) is 4.23. The Labute approximate surface area is 152 Å². The molecule has 1 heterocycles. The smallest absolute Gasteiger partial charge is 0.164 e.